The third-order valence-corrected chi connectivity index (χ3v) is 16.5. The number of ether oxygens (including phenoxy) is 4. The molecule has 3 aliphatic rings. The molecule has 4 aromatic carbocycles. The van der Waals surface area contributed by atoms with Crippen molar-refractivity contribution in [1.82, 2.24) is 30.2 Å². The minimum atomic E-state index is -1.51. The molecule has 22 heteroatoms. The third kappa shape index (κ3) is 18.3. The van der Waals surface area contributed by atoms with E-state index in [9.17, 15) is 48.3 Å². The van der Waals surface area contributed by atoms with Gasteiger partial charge in [0.15, 0.2) is 11.5 Å². The predicted octanol–water partition coefficient (Wildman–Crippen LogP) is 6.73. The normalized spacial score (nSPS) is 22.9. The Bertz CT molecular complexity index is 3260. The Kier molecular flexibility index (Phi) is 24.2. The van der Waals surface area contributed by atoms with Crippen molar-refractivity contribution in [3.63, 3.8) is 0 Å². The van der Waals surface area contributed by atoms with Crippen LogP contribution in [0.3, 0.4) is 0 Å². The quantitative estimate of drug-likeness (QED) is 0.0946. The highest BCUT2D eigenvalue weighted by Crippen LogP contribution is 2.33. The van der Waals surface area contributed by atoms with Crippen LogP contribution in [0.15, 0.2) is 109 Å². The molecule has 90 heavy (non-hydrogen) atoms. The Labute approximate surface area is 526 Å². The minimum Gasteiger partial charge on any atom is -0.508 e. The summed E-state index contributed by atoms with van der Waals surface area (Å²) in [4.78, 5) is 148. The fraction of sp³-hybridized carbons (Fsp3) is 0.471. The van der Waals surface area contributed by atoms with Crippen LogP contribution in [0.5, 0.6) is 17.2 Å². The molecule has 1 unspecified atom stereocenters. The van der Waals surface area contributed by atoms with Crippen LogP contribution in [0.25, 0.3) is 0 Å². The van der Waals surface area contributed by atoms with Gasteiger partial charge < -0.3 is 59.6 Å². The lowest BCUT2D eigenvalue weighted by atomic mass is 9.87. The molecule has 6 atom stereocenters. The smallest absolute Gasteiger partial charge is 0.330 e. The van der Waals surface area contributed by atoms with E-state index in [0.29, 0.717) is 59.6 Å². The number of aromatic hydroxyl groups is 1. The van der Waals surface area contributed by atoms with Crippen molar-refractivity contribution >= 4 is 64.8 Å². The van der Waals surface area contributed by atoms with Crippen molar-refractivity contribution in [1.29, 1.82) is 0 Å². The number of aryl methyl sites for hydroxylation is 1. The van der Waals surface area contributed by atoms with Gasteiger partial charge in [-0.05, 0) is 136 Å². The zero-order valence-electron chi connectivity index (χ0n) is 52.7. The first-order valence-corrected chi connectivity index (χ1v) is 30.7. The van der Waals surface area contributed by atoms with Crippen molar-refractivity contribution in [3.8, 4) is 17.2 Å². The fourth-order valence-corrected chi connectivity index (χ4v) is 11.4. The van der Waals surface area contributed by atoms with Crippen LogP contribution in [-0.2, 0) is 70.3 Å². The van der Waals surface area contributed by atoms with Crippen molar-refractivity contribution in [2.45, 2.75) is 141 Å². The number of fused-ring (bicyclic) bond motifs is 4. The Morgan fingerprint density at radius 2 is 1.37 bits per heavy atom. The van der Waals surface area contributed by atoms with E-state index in [1.54, 1.807) is 85.9 Å². The van der Waals surface area contributed by atoms with Gasteiger partial charge in [0.05, 0.1) is 19.6 Å². The van der Waals surface area contributed by atoms with E-state index in [4.69, 9.17) is 18.9 Å². The number of amides is 7. The number of carbonyl (C=O) groups is 10. The van der Waals surface area contributed by atoms with E-state index < -0.39 is 101 Å². The molecule has 0 spiro atoms. The van der Waals surface area contributed by atoms with E-state index >= 15 is 4.79 Å². The van der Waals surface area contributed by atoms with E-state index in [-0.39, 0.29) is 88.6 Å². The van der Waals surface area contributed by atoms with Crippen molar-refractivity contribution < 1.29 is 72.0 Å². The van der Waals surface area contributed by atoms with Gasteiger partial charge in [-0.25, -0.2) is 9.59 Å². The summed E-state index contributed by atoms with van der Waals surface area (Å²) in [7, 11) is 6.14. The highest BCUT2D eigenvalue weighted by atomic mass is 16.5. The van der Waals surface area contributed by atoms with Crippen LogP contribution in [0.1, 0.15) is 126 Å². The topological polar surface area (TPSA) is 277 Å². The summed E-state index contributed by atoms with van der Waals surface area (Å²) in [6.07, 6.45) is 3.99. The second kappa shape index (κ2) is 31.9. The average Bonchev–Trinajstić information content (AvgIpc) is 1.53. The summed E-state index contributed by atoms with van der Waals surface area (Å²) in [5.74, 6) is -5.86. The number of Topliss-reactive ketones (excluding diaryl/α,β-unsaturated/α-hetero) is 1. The van der Waals surface area contributed by atoms with Crippen LogP contribution in [0, 0.1) is 11.3 Å². The van der Waals surface area contributed by atoms with Crippen LogP contribution >= 0.6 is 0 Å². The third-order valence-electron chi connectivity index (χ3n) is 16.5. The Morgan fingerprint density at radius 1 is 0.689 bits per heavy atom. The van der Waals surface area contributed by atoms with Gasteiger partial charge in [-0.3, -0.25) is 38.4 Å². The van der Waals surface area contributed by atoms with E-state index in [2.05, 4.69) is 16.0 Å². The summed E-state index contributed by atoms with van der Waals surface area (Å²) in [6.45, 7) is 6.69. The number of hydrogen-bond donors (Lipinski definition) is 4. The zero-order chi connectivity index (χ0) is 65.2. The maximum Gasteiger partial charge on any atom is 0.330 e. The molecule has 0 saturated carbocycles. The lowest BCUT2D eigenvalue weighted by Crippen LogP contribution is -2.58. The number of ketones is 1. The van der Waals surface area contributed by atoms with Crippen LogP contribution < -0.4 is 25.4 Å². The maximum atomic E-state index is 15.0. The molecule has 7 rings (SSSR count). The number of methoxy groups -OCH3 is 2. The monoisotopic (exact) mass is 1240 g/mol. The number of rotatable bonds is 10. The molecule has 0 aromatic heterocycles. The number of anilines is 1. The van der Waals surface area contributed by atoms with Crippen LogP contribution in [0.2, 0.25) is 0 Å². The van der Waals surface area contributed by atoms with Crippen molar-refractivity contribution in [2.24, 2.45) is 11.3 Å². The van der Waals surface area contributed by atoms with Gasteiger partial charge in [-0.2, -0.15) is 0 Å². The largest absolute Gasteiger partial charge is 0.508 e. The summed E-state index contributed by atoms with van der Waals surface area (Å²) in [5.41, 5.74) is 1.04. The molecule has 2 saturated heterocycles. The molecule has 2 bridgehead atoms. The highest BCUT2D eigenvalue weighted by molar-refractivity contribution is 6.38. The molecule has 4 N–H and O–H groups in total. The number of benzene rings is 4. The van der Waals surface area contributed by atoms with E-state index in [1.165, 1.54) is 79.0 Å². The average molecular weight is 1240 g/mol. The molecule has 0 aliphatic carbocycles. The molecule has 482 valence electrons. The number of nitrogens with one attached hydrogen (secondary N) is 3. The van der Waals surface area contributed by atoms with E-state index in [1.807, 2.05) is 19.9 Å². The first-order chi connectivity index (χ1) is 43.0. The maximum absolute atomic E-state index is 15.0. The molecule has 3 aliphatic heterocycles. The molecule has 3 heterocycles. The van der Waals surface area contributed by atoms with Crippen LogP contribution in [-0.4, -0.2) is 163 Å². The highest BCUT2D eigenvalue weighted by Gasteiger charge is 2.44. The summed E-state index contributed by atoms with van der Waals surface area (Å²) in [5, 5.41) is 18.6. The molecular weight excluding hydrogens is 1150 g/mol. The summed E-state index contributed by atoms with van der Waals surface area (Å²) >= 11 is 0. The Hall–Kier alpha value is -9.08. The number of carbonyl (C=O) groups excluding carboxylic acids is 10. The van der Waals surface area contributed by atoms with E-state index in [0.717, 1.165) is 5.56 Å². The minimum absolute atomic E-state index is 0.0214. The molecule has 4 aromatic rings. The van der Waals surface area contributed by atoms with Gasteiger partial charge >= 0.3 is 11.9 Å². The SMILES string of the molecule is COc1ccc(CC[C@H]2OC(=O)[C@@H]3CCCCN3C(=O)C(=O)C(C)(C)COC(=O)C=CCCN(C)C(=O)[C@H](CC(C)C)N(C)C(=O)[C@H]3CCCN3C(=O)[C@H](Cc3ccc(O)cc3)NC(=O)C(c3ccccc3)NC(=O)CCC(=O)Nc3cccc2c3)cc1OC. The first kappa shape index (κ1) is 68.4. The Morgan fingerprint density at radius 3 is 2.08 bits per heavy atom. The first-order valence-electron chi connectivity index (χ1n) is 30.7. The summed E-state index contributed by atoms with van der Waals surface area (Å²) < 4.78 is 22.8. The number of cyclic esters (lactones) is 2. The zero-order valence-corrected chi connectivity index (χ0v) is 52.7. The molecule has 2 fully saturated rings. The number of piperidine rings is 1. The molecular formula is C68H85N7O15. The van der Waals surface area contributed by atoms with Crippen molar-refractivity contribution in [2.75, 3.05) is 59.9 Å². The number of nitrogens with zero attached hydrogens (tertiary/aromatic N) is 4. The molecule has 22 nitrogen and oxygen atoms in total. The number of phenols is 1. The lowest BCUT2D eigenvalue weighted by molar-refractivity contribution is -0.165. The number of esters is 2. The fourth-order valence-electron chi connectivity index (χ4n) is 11.4. The Balaban J connectivity index is 1.19. The van der Waals surface area contributed by atoms with Gasteiger partial charge in [0.2, 0.25) is 41.2 Å². The van der Waals surface area contributed by atoms with Gasteiger partial charge in [0.1, 0.15) is 48.7 Å². The lowest BCUT2D eigenvalue weighted by Gasteiger charge is -2.36. The van der Waals surface area contributed by atoms with Crippen molar-refractivity contribution in [3.05, 3.63) is 131 Å². The molecule has 7 amide bonds. The van der Waals surface area contributed by atoms with Gasteiger partial charge in [0.25, 0.3) is 5.91 Å². The van der Waals surface area contributed by atoms with Gasteiger partial charge in [-0.1, -0.05) is 80.6 Å². The molecule has 0 radical (unpaired) electrons. The number of hydrogen-bond acceptors (Lipinski definition) is 15. The number of likely N-dealkylation sites (N-methyl/N-ethyl adjacent to an activating group) is 2. The van der Waals surface area contributed by atoms with Gasteiger partial charge in [0, 0.05) is 64.8 Å². The predicted molar refractivity (Wildman–Crippen MR) is 333 cm³/mol. The summed E-state index contributed by atoms with van der Waals surface area (Å²) in [6, 6.07) is 20.8. The second-order valence-corrected chi connectivity index (χ2v) is 24.2. The second-order valence-electron chi connectivity index (χ2n) is 24.2. The van der Waals surface area contributed by atoms with Gasteiger partial charge in [-0.15, -0.1) is 0 Å². The van der Waals surface area contributed by atoms with Crippen LogP contribution in [0.4, 0.5) is 5.69 Å². The standard InChI is InChI=1S/C68H85N7O15/c1-43(2)38-53-64(83)72(5)35-14-13-24-59(79)89-42-68(3,4)61(80)66(85)75-36-15-12-22-52(75)67(86)90-54(31-27-45-28-32-55(87-7)56(40-45)88-8)47-20-16-21-48(41-47)69-57(77)33-34-58(78)71-60(46-18-10-9-11-19-46)62(81)70-50(39-44-25-29-49(76)30-26-44)63(82)74-37-17-23-51(74)65(84)73(53)6/h9-11,13,16,18-21,24-26,28-30,32,40-41,43,50-54,60,76H,12,14-15,17,22-23,27,31,33-39,42H2,1-8H3,(H,69,77)(H,70,81)(H,71,78)/t50-,51+,52-,53-,54+,60?/m0/s1. The number of phenolic OH excluding ortho intramolecular Hbond substituents is 1.